The van der Waals surface area contributed by atoms with E-state index in [0.29, 0.717) is 42.4 Å². The second-order valence-electron chi connectivity index (χ2n) is 7.97. The Labute approximate surface area is 196 Å². The molecule has 1 saturated carbocycles. The van der Waals surface area contributed by atoms with E-state index in [2.05, 4.69) is 36.4 Å². The summed E-state index contributed by atoms with van der Waals surface area (Å²) < 4.78 is 24.7. The van der Waals surface area contributed by atoms with Crippen LogP contribution in [0.5, 0.6) is 0 Å². The van der Waals surface area contributed by atoms with Crippen molar-refractivity contribution in [2.75, 3.05) is 0 Å². The molecule has 10 nitrogen and oxygen atoms in total. The Morgan fingerprint density at radius 3 is 2.82 bits per heavy atom. The third-order valence-electron chi connectivity index (χ3n) is 5.31. The lowest BCUT2D eigenvalue weighted by atomic mass is 10.1. The number of halogens is 2. The van der Waals surface area contributed by atoms with E-state index in [4.69, 9.17) is 14.9 Å². The highest BCUT2D eigenvalue weighted by molar-refractivity contribution is 9.10. The first-order valence-corrected chi connectivity index (χ1v) is 11.4. The van der Waals surface area contributed by atoms with E-state index in [1.165, 1.54) is 22.8 Å². The van der Waals surface area contributed by atoms with E-state index in [1.807, 2.05) is 0 Å². The minimum atomic E-state index is -0.747. The van der Waals surface area contributed by atoms with Crippen LogP contribution in [0.3, 0.4) is 0 Å². The van der Waals surface area contributed by atoms with Gasteiger partial charge in [0.1, 0.15) is 17.3 Å². The van der Waals surface area contributed by atoms with Crippen molar-refractivity contribution in [3.8, 4) is 17.2 Å². The third kappa shape index (κ3) is 5.81. The number of unbranched alkanes of at least 4 members (excludes halogenated alkanes) is 2. The van der Waals surface area contributed by atoms with E-state index < -0.39 is 11.6 Å². The van der Waals surface area contributed by atoms with Crippen LogP contribution in [0.15, 0.2) is 41.6 Å². The highest BCUT2D eigenvalue weighted by Gasteiger charge is 2.24. The third-order valence-corrected chi connectivity index (χ3v) is 5.92. The van der Waals surface area contributed by atoms with Gasteiger partial charge in [-0.05, 0) is 77.3 Å². The minimum absolute atomic E-state index is 0.111. The number of rotatable bonds is 10. The summed E-state index contributed by atoms with van der Waals surface area (Å²) in [5, 5.41) is 11.6. The van der Waals surface area contributed by atoms with E-state index in [-0.39, 0.29) is 21.9 Å². The Hall–Kier alpha value is -3.15. The summed E-state index contributed by atoms with van der Waals surface area (Å²) >= 11 is 3.11. The van der Waals surface area contributed by atoms with Gasteiger partial charge in [0.2, 0.25) is 11.7 Å². The van der Waals surface area contributed by atoms with Gasteiger partial charge in [-0.15, -0.1) is 0 Å². The predicted molar refractivity (Wildman–Crippen MR) is 119 cm³/mol. The Balaban J connectivity index is 1.36. The van der Waals surface area contributed by atoms with Crippen LogP contribution in [-0.4, -0.2) is 31.8 Å². The Kier molecular flexibility index (Phi) is 7.11. The molecule has 0 bridgehead atoms. The molecule has 1 aliphatic carbocycles. The molecular weight excluding hydrogens is 499 g/mol. The Morgan fingerprint density at radius 2 is 2.06 bits per heavy atom. The highest BCUT2D eigenvalue weighted by Crippen LogP contribution is 2.32. The molecule has 3 aromatic rings. The molecule has 0 atom stereocenters. The summed E-state index contributed by atoms with van der Waals surface area (Å²) in [6, 6.07) is 4.09. The summed E-state index contributed by atoms with van der Waals surface area (Å²) in [7, 11) is 0. The smallest absolute Gasteiger partial charge is 0.387 e. The summed E-state index contributed by atoms with van der Waals surface area (Å²) in [6.45, 7) is 0. The number of amidine groups is 1. The van der Waals surface area contributed by atoms with Crippen molar-refractivity contribution in [3.05, 3.63) is 44.7 Å². The number of aliphatic imine (C=N–C) groups is 1. The Morgan fingerprint density at radius 1 is 1.24 bits per heavy atom. The molecule has 0 aliphatic heterocycles. The van der Waals surface area contributed by atoms with E-state index >= 15 is 0 Å². The minimum Gasteiger partial charge on any atom is -0.387 e. The lowest BCUT2D eigenvalue weighted by Crippen LogP contribution is -2.14. The second-order valence-corrected chi connectivity index (χ2v) is 8.82. The van der Waals surface area contributed by atoms with E-state index in [9.17, 15) is 14.0 Å². The SMILES string of the molecule is NC(CCCCCc1nonc1-c1noc(=O)n1-c1ccc(F)c(Br)c1)=NC(=O)CC1CC1. The maximum atomic E-state index is 13.6. The number of amides is 1. The fourth-order valence-corrected chi connectivity index (χ4v) is 3.76. The molecule has 4 rings (SSSR count). The first-order chi connectivity index (χ1) is 15.9. The molecule has 1 aliphatic rings. The molecule has 2 heterocycles. The molecule has 0 radical (unpaired) electrons. The maximum absolute atomic E-state index is 13.6. The van der Waals surface area contributed by atoms with Crippen LogP contribution in [0.25, 0.3) is 17.2 Å². The topological polar surface area (TPSA) is 142 Å². The van der Waals surface area contributed by atoms with Crippen molar-refractivity contribution in [1.29, 1.82) is 0 Å². The van der Waals surface area contributed by atoms with Gasteiger partial charge < -0.3 is 5.73 Å². The lowest BCUT2D eigenvalue weighted by molar-refractivity contribution is -0.118. The van der Waals surface area contributed by atoms with Gasteiger partial charge in [-0.25, -0.2) is 23.4 Å². The maximum Gasteiger partial charge on any atom is 0.446 e. The van der Waals surface area contributed by atoms with Crippen molar-refractivity contribution >= 4 is 27.7 Å². The quantitative estimate of drug-likeness (QED) is 0.242. The normalized spacial score (nSPS) is 14.1. The average molecular weight is 521 g/mol. The molecular formula is C21H22BrFN6O4. The zero-order valence-corrected chi connectivity index (χ0v) is 19.3. The average Bonchev–Trinajstić information content (AvgIpc) is 3.32. The molecule has 1 aromatic carbocycles. The molecule has 1 fully saturated rings. The molecule has 0 spiro atoms. The van der Waals surface area contributed by atoms with Gasteiger partial charge in [0.05, 0.1) is 10.2 Å². The van der Waals surface area contributed by atoms with Crippen LogP contribution in [0.4, 0.5) is 4.39 Å². The number of nitrogens with two attached hydrogens (primary N) is 1. The van der Waals surface area contributed by atoms with Crippen molar-refractivity contribution < 1.29 is 18.3 Å². The fraction of sp³-hybridized carbons (Fsp3) is 0.429. The molecule has 2 aromatic heterocycles. The fourth-order valence-electron chi connectivity index (χ4n) is 3.40. The number of benzene rings is 1. The van der Waals surface area contributed by atoms with Crippen LogP contribution in [0, 0.1) is 11.7 Å². The first kappa shape index (κ1) is 23.0. The van der Waals surface area contributed by atoms with Crippen LogP contribution in [0.1, 0.15) is 50.6 Å². The highest BCUT2D eigenvalue weighted by atomic mass is 79.9. The van der Waals surface area contributed by atoms with Crippen molar-refractivity contribution in [1.82, 2.24) is 20.0 Å². The Bertz CT molecular complexity index is 1230. The van der Waals surface area contributed by atoms with E-state index in [1.54, 1.807) is 0 Å². The summed E-state index contributed by atoms with van der Waals surface area (Å²) in [6.07, 6.45) is 6.09. The summed E-state index contributed by atoms with van der Waals surface area (Å²) in [5.41, 5.74) is 6.99. The molecule has 33 heavy (non-hydrogen) atoms. The van der Waals surface area contributed by atoms with Crippen molar-refractivity contribution in [2.24, 2.45) is 16.6 Å². The number of aryl methyl sites for hydroxylation is 1. The molecule has 0 unspecified atom stereocenters. The molecule has 174 valence electrons. The number of aromatic nitrogens is 4. The van der Waals surface area contributed by atoms with Crippen LogP contribution in [-0.2, 0) is 11.2 Å². The summed E-state index contributed by atoms with van der Waals surface area (Å²) in [4.78, 5) is 27.9. The van der Waals surface area contributed by atoms with Gasteiger partial charge in [-0.1, -0.05) is 16.7 Å². The first-order valence-electron chi connectivity index (χ1n) is 10.6. The lowest BCUT2D eigenvalue weighted by Gasteiger charge is -2.05. The van der Waals surface area contributed by atoms with E-state index in [0.717, 1.165) is 32.1 Å². The van der Waals surface area contributed by atoms with Crippen molar-refractivity contribution in [3.63, 3.8) is 0 Å². The van der Waals surface area contributed by atoms with Gasteiger partial charge in [0.15, 0.2) is 5.69 Å². The van der Waals surface area contributed by atoms with Gasteiger partial charge in [0, 0.05) is 12.8 Å². The van der Waals surface area contributed by atoms with Crippen LogP contribution in [0.2, 0.25) is 0 Å². The number of nitrogens with zero attached hydrogens (tertiary/aromatic N) is 5. The predicted octanol–water partition coefficient (Wildman–Crippen LogP) is 3.56. The molecule has 12 heteroatoms. The molecule has 1 amide bonds. The van der Waals surface area contributed by atoms with Gasteiger partial charge in [-0.3, -0.25) is 9.32 Å². The zero-order chi connectivity index (χ0) is 23.4. The largest absolute Gasteiger partial charge is 0.446 e. The van der Waals surface area contributed by atoms with Crippen LogP contribution >= 0.6 is 15.9 Å². The van der Waals surface area contributed by atoms with Gasteiger partial charge in [-0.2, -0.15) is 0 Å². The number of carbonyl (C=O) groups is 1. The van der Waals surface area contributed by atoms with Gasteiger partial charge in [0.25, 0.3) is 0 Å². The van der Waals surface area contributed by atoms with Gasteiger partial charge >= 0.3 is 5.76 Å². The van der Waals surface area contributed by atoms with Crippen LogP contribution < -0.4 is 11.5 Å². The molecule has 0 saturated heterocycles. The second kappa shape index (κ2) is 10.2. The number of carbonyl (C=O) groups excluding carboxylic acids is 1. The van der Waals surface area contributed by atoms with Crippen molar-refractivity contribution in [2.45, 2.75) is 51.4 Å². The monoisotopic (exact) mass is 520 g/mol. The number of hydrogen-bond donors (Lipinski definition) is 1. The number of hydrogen-bond acceptors (Lipinski definition) is 7. The standard InChI is InChI=1S/C21H22BrFN6O4/c22-14-11-13(8-9-15(14)23)29-20(28-32-21(29)31)19-16(26-33-27-19)4-2-1-3-5-17(24)25-18(30)10-12-6-7-12/h8-9,11-12H,1-7,10H2,(H2,24,25,30). The zero-order valence-electron chi connectivity index (χ0n) is 17.7. The molecule has 2 N–H and O–H groups in total. The summed E-state index contributed by atoms with van der Waals surface area (Å²) in [5.74, 6) is -0.387.